The van der Waals surface area contributed by atoms with Crippen LogP contribution in [0.4, 0.5) is 0 Å². The number of fused-ring (bicyclic) bond motifs is 1. The second-order valence-corrected chi connectivity index (χ2v) is 6.73. The van der Waals surface area contributed by atoms with E-state index in [1.54, 1.807) is 11.3 Å². The third kappa shape index (κ3) is 2.22. The van der Waals surface area contributed by atoms with Gasteiger partial charge in [0.05, 0.1) is 16.7 Å². The minimum absolute atomic E-state index is 0.448. The second kappa shape index (κ2) is 5.07. The number of rotatable bonds is 3. The van der Waals surface area contributed by atoms with Gasteiger partial charge in [0, 0.05) is 10.3 Å². The average molecular weight is 279 g/mol. The van der Waals surface area contributed by atoms with E-state index in [2.05, 4.69) is 22.6 Å². The Kier molecular flexibility index (Phi) is 3.46. The molecule has 0 amide bonds. The van der Waals surface area contributed by atoms with E-state index in [0.717, 1.165) is 22.3 Å². The second-order valence-electron chi connectivity index (χ2n) is 4.58. The maximum absolute atomic E-state index is 4.83. The molecule has 2 aromatic rings. The van der Waals surface area contributed by atoms with Crippen molar-refractivity contribution in [3.05, 3.63) is 21.0 Å². The number of hydrogen-bond acceptors (Lipinski definition) is 5. The monoisotopic (exact) mass is 279 g/mol. The molecule has 0 aliphatic heterocycles. The maximum atomic E-state index is 4.83. The molecule has 18 heavy (non-hydrogen) atoms. The normalized spacial score (nSPS) is 18.9. The van der Waals surface area contributed by atoms with Gasteiger partial charge in [-0.3, -0.25) is 0 Å². The van der Waals surface area contributed by atoms with Crippen molar-refractivity contribution in [3.8, 4) is 10.7 Å². The molecule has 1 aliphatic rings. The van der Waals surface area contributed by atoms with Gasteiger partial charge in [0.1, 0.15) is 10.7 Å². The van der Waals surface area contributed by atoms with Crippen molar-refractivity contribution < 1.29 is 0 Å². The standard InChI is InChI=1S/C13H17N3S2/c1-3-14-9-5-4-6-11-12(9)16-13(18-11)10-7-17-8(2)15-10/h7,9,14H,3-6H2,1-2H3. The number of nitrogens with one attached hydrogen (secondary N) is 1. The molecule has 0 spiro atoms. The van der Waals surface area contributed by atoms with Gasteiger partial charge in [0.15, 0.2) is 0 Å². The van der Waals surface area contributed by atoms with E-state index in [4.69, 9.17) is 4.98 Å². The molecule has 0 bridgehead atoms. The Morgan fingerprint density at radius 1 is 1.44 bits per heavy atom. The SMILES string of the molecule is CCNC1CCCc2sc(-c3csc(C)n3)nc21. The molecule has 0 aromatic carbocycles. The van der Waals surface area contributed by atoms with E-state index in [0.29, 0.717) is 6.04 Å². The van der Waals surface area contributed by atoms with Crippen LogP contribution in [0, 0.1) is 6.92 Å². The maximum Gasteiger partial charge on any atom is 0.143 e. The van der Waals surface area contributed by atoms with Gasteiger partial charge in [-0.25, -0.2) is 9.97 Å². The van der Waals surface area contributed by atoms with E-state index in [1.807, 2.05) is 18.3 Å². The summed E-state index contributed by atoms with van der Waals surface area (Å²) in [5.74, 6) is 0. The highest BCUT2D eigenvalue weighted by molar-refractivity contribution is 7.15. The van der Waals surface area contributed by atoms with Crippen LogP contribution < -0.4 is 5.32 Å². The molecule has 0 saturated carbocycles. The Morgan fingerprint density at radius 3 is 3.06 bits per heavy atom. The fourth-order valence-corrected chi connectivity index (χ4v) is 4.23. The van der Waals surface area contributed by atoms with Crippen molar-refractivity contribution in [3.63, 3.8) is 0 Å². The summed E-state index contributed by atoms with van der Waals surface area (Å²) in [5.41, 5.74) is 2.32. The smallest absolute Gasteiger partial charge is 0.143 e. The van der Waals surface area contributed by atoms with E-state index >= 15 is 0 Å². The zero-order chi connectivity index (χ0) is 12.5. The zero-order valence-corrected chi connectivity index (χ0v) is 12.3. The van der Waals surface area contributed by atoms with Crippen LogP contribution >= 0.6 is 22.7 Å². The fraction of sp³-hybridized carbons (Fsp3) is 0.538. The molecule has 1 N–H and O–H groups in total. The Labute approximate surface area is 115 Å². The summed E-state index contributed by atoms with van der Waals surface area (Å²) >= 11 is 3.52. The highest BCUT2D eigenvalue weighted by atomic mass is 32.1. The first-order valence-corrected chi connectivity index (χ1v) is 8.13. The molecule has 3 rings (SSSR count). The topological polar surface area (TPSA) is 37.8 Å². The Hall–Kier alpha value is -0.780. The van der Waals surface area contributed by atoms with E-state index in [-0.39, 0.29) is 0 Å². The largest absolute Gasteiger partial charge is 0.309 e. The number of nitrogens with zero attached hydrogens (tertiary/aromatic N) is 2. The first-order chi connectivity index (χ1) is 8.78. The number of hydrogen-bond donors (Lipinski definition) is 1. The highest BCUT2D eigenvalue weighted by Gasteiger charge is 2.24. The van der Waals surface area contributed by atoms with Crippen molar-refractivity contribution in [1.82, 2.24) is 15.3 Å². The first kappa shape index (κ1) is 12.3. The predicted octanol–water partition coefficient (Wildman–Crippen LogP) is 3.56. The van der Waals surface area contributed by atoms with Gasteiger partial charge >= 0.3 is 0 Å². The molecular formula is C13H17N3S2. The van der Waals surface area contributed by atoms with Crippen LogP contribution in [0.25, 0.3) is 10.7 Å². The van der Waals surface area contributed by atoms with E-state index < -0.39 is 0 Å². The van der Waals surface area contributed by atoms with E-state index in [1.165, 1.54) is 29.8 Å². The molecule has 3 nitrogen and oxygen atoms in total. The molecule has 0 radical (unpaired) electrons. The summed E-state index contributed by atoms with van der Waals surface area (Å²) in [6.07, 6.45) is 3.65. The molecule has 0 fully saturated rings. The molecule has 1 unspecified atom stereocenters. The van der Waals surface area contributed by atoms with Gasteiger partial charge in [0.2, 0.25) is 0 Å². The fourth-order valence-electron chi connectivity index (χ4n) is 2.43. The molecule has 2 aromatic heterocycles. The first-order valence-electron chi connectivity index (χ1n) is 6.43. The minimum atomic E-state index is 0.448. The molecule has 96 valence electrons. The van der Waals surface area contributed by atoms with Crippen LogP contribution in [0.15, 0.2) is 5.38 Å². The van der Waals surface area contributed by atoms with Crippen molar-refractivity contribution in [2.75, 3.05) is 6.54 Å². The summed E-state index contributed by atoms with van der Waals surface area (Å²) in [7, 11) is 0. The summed E-state index contributed by atoms with van der Waals surface area (Å²) in [6.45, 7) is 5.21. The van der Waals surface area contributed by atoms with Crippen LogP contribution in [0.2, 0.25) is 0 Å². The molecule has 2 heterocycles. The Bertz CT molecular complexity index is 544. The molecule has 1 atom stereocenters. The van der Waals surface area contributed by atoms with Crippen LogP contribution in [0.1, 0.15) is 41.4 Å². The highest BCUT2D eigenvalue weighted by Crippen LogP contribution is 2.37. The zero-order valence-electron chi connectivity index (χ0n) is 10.7. The molecular weight excluding hydrogens is 262 g/mol. The number of aryl methyl sites for hydroxylation is 2. The van der Waals surface area contributed by atoms with Gasteiger partial charge in [-0.15, -0.1) is 22.7 Å². The summed E-state index contributed by atoms with van der Waals surface area (Å²) in [5, 5.41) is 7.85. The van der Waals surface area contributed by atoms with Crippen molar-refractivity contribution in [1.29, 1.82) is 0 Å². The minimum Gasteiger partial charge on any atom is -0.309 e. The molecule has 0 saturated heterocycles. The van der Waals surface area contributed by atoms with Crippen LogP contribution in [0.3, 0.4) is 0 Å². The van der Waals surface area contributed by atoms with Crippen molar-refractivity contribution in [2.45, 2.75) is 39.2 Å². The molecule has 1 aliphatic carbocycles. The van der Waals surface area contributed by atoms with Gasteiger partial charge in [0.25, 0.3) is 0 Å². The number of thiazole rings is 2. The van der Waals surface area contributed by atoms with Crippen LogP contribution in [-0.4, -0.2) is 16.5 Å². The van der Waals surface area contributed by atoms with Gasteiger partial charge < -0.3 is 5.32 Å². The van der Waals surface area contributed by atoms with Crippen LogP contribution in [-0.2, 0) is 6.42 Å². The lowest BCUT2D eigenvalue weighted by atomic mass is 9.98. The van der Waals surface area contributed by atoms with Crippen LogP contribution in [0.5, 0.6) is 0 Å². The Balaban J connectivity index is 1.95. The van der Waals surface area contributed by atoms with Gasteiger partial charge in [-0.05, 0) is 32.7 Å². The number of aromatic nitrogens is 2. The summed E-state index contributed by atoms with van der Waals surface area (Å²) in [6, 6.07) is 0.448. The van der Waals surface area contributed by atoms with Gasteiger partial charge in [-0.1, -0.05) is 6.92 Å². The van der Waals surface area contributed by atoms with Gasteiger partial charge in [-0.2, -0.15) is 0 Å². The van der Waals surface area contributed by atoms with Crippen molar-refractivity contribution >= 4 is 22.7 Å². The van der Waals surface area contributed by atoms with Crippen molar-refractivity contribution in [2.24, 2.45) is 0 Å². The van der Waals surface area contributed by atoms with E-state index in [9.17, 15) is 0 Å². The summed E-state index contributed by atoms with van der Waals surface area (Å²) in [4.78, 5) is 10.8. The predicted molar refractivity (Wildman–Crippen MR) is 77.3 cm³/mol. The summed E-state index contributed by atoms with van der Waals surface area (Å²) < 4.78 is 0. The average Bonchev–Trinajstić information content (AvgIpc) is 2.95. The Morgan fingerprint density at radius 2 is 2.33 bits per heavy atom. The quantitative estimate of drug-likeness (QED) is 0.933. The lowest BCUT2D eigenvalue weighted by Crippen LogP contribution is -2.24. The lowest BCUT2D eigenvalue weighted by Gasteiger charge is -2.21. The lowest BCUT2D eigenvalue weighted by molar-refractivity contribution is 0.465. The molecule has 5 heteroatoms. The third-order valence-electron chi connectivity index (χ3n) is 3.24. The third-order valence-corrected chi connectivity index (χ3v) is 5.17.